The number of hydrogen-bond donors (Lipinski definition) is 1. The van der Waals surface area contributed by atoms with Gasteiger partial charge in [-0.15, -0.1) is 0 Å². The van der Waals surface area contributed by atoms with E-state index in [1.54, 1.807) is 0 Å². The van der Waals surface area contributed by atoms with Crippen molar-refractivity contribution in [2.75, 3.05) is 39.9 Å². The Hall–Kier alpha value is -0.120. The lowest BCUT2D eigenvalue weighted by molar-refractivity contribution is 0.0814. The van der Waals surface area contributed by atoms with Crippen LogP contribution >= 0.6 is 0 Å². The van der Waals surface area contributed by atoms with Crippen molar-refractivity contribution < 1.29 is 4.74 Å². The smallest absolute Gasteiger partial charge is 0.0593 e. The highest BCUT2D eigenvalue weighted by Gasteiger charge is 2.27. The van der Waals surface area contributed by atoms with Crippen LogP contribution in [0.2, 0.25) is 0 Å². The van der Waals surface area contributed by atoms with Gasteiger partial charge in [-0.25, -0.2) is 0 Å². The van der Waals surface area contributed by atoms with Crippen molar-refractivity contribution in [3.05, 3.63) is 0 Å². The van der Waals surface area contributed by atoms with Gasteiger partial charge in [-0.1, -0.05) is 6.92 Å². The van der Waals surface area contributed by atoms with Crippen LogP contribution in [0.25, 0.3) is 0 Å². The fourth-order valence-electron chi connectivity index (χ4n) is 1.96. The molecule has 0 aliphatic carbocycles. The number of ether oxygens (including phenoxy) is 1. The quantitative estimate of drug-likeness (QED) is 0.678. The van der Waals surface area contributed by atoms with Gasteiger partial charge in [0, 0.05) is 18.7 Å². The number of rotatable bonds is 6. The topological polar surface area (TPSA) is 24.5 Å². The third-order valence-electron chi connectivity index (χ3n) is 3.46. The molecular formula is C12H26N2O. The van der Waals surface area contributed by atoms with E-state index in [0.717, 1.165) is 26.2 Å². The van der Waals surface area contributed by atoms with Crippen molar-refractivity contribution >= 4 is 0 Å². The summed E-state index contributed by atoms with van der Waals surface area (Å²) in [5.74, 6) is 0. The van der Waals surface area contributed by atoms with Crippen molar-refractivity contribution in [1.29, 1.82) is 0 Å². The summed E-state index contributed by atoms with van der Waals surface area (Å²) in [5, 5.41) is 3.42. The maximum atomic E-state index is 5.51. The van der Waals surface area contributed by atoms with Crippen LogP contribution in [0.5, 0.6) is 0 Å². The molecule has 1 aliphatic heterocycles. The average molecular weight is 214 g/mol. The summed E-state index contributed by atoms with van der Waals surface area (Å²) >= 11 is 0. The molecule has 1 aliphatic rings. The molecule has 3 heteroatoms. The van der Waals surface area contributed by atoms with Crippen molar-refractivity contribution in [2.45, 2.75) is 38.6 Å². The molecule has 15 heavy (non-hydrogen) atoms. The van der Waals surface area contributed by atoms with Gasteiger partial charge in [-0.05, 0) is 46.3 Å². The standard InChI is InChI=1S/C12H26N2O/c1-4-10-15-11-9-14-7-5-12(2,13-3)6-8-14/h13H,4-11H2,1-3H3. The van der Waals surface area contributed by atoms with Crippen LogP contribution in [-0.2, 0) is 4.74 Å². The maximum Gasteiger partial charge on any atom is 0.0593 e. The number of likely N-dealkylation sites (tertiary alicyclic amines) is 1. The van der Waals surface area contributed by atoms with Crippen LogP contribution in [0.4, 0.5) is 0 Å². The zero-order valence-electron chi connectivity index (χ0n) is 10.5. The third-order valence-corrected chi connectivity index (χ3v) is 3.46. The minimum absolute atomic E-state index is 0.362. The van der Waals surface area contributed by atoms with Gasteiger partial charge in [0.05, 0.1) is 6.61 Å². The van der Waals surface area contributed by atoms with Gasteiger partial charge in [-0.2, -0.15) is 0 Å². The highest BCUT2D eigenvalue weighted by atomic mass is 16.5. The molecule has 0 radical (unpaired) electrons. The lowest BCUT2D eigenvalue weighted by Crippen LogP contribution is -2.50. The summed E-state index contributed by atoms with van der Waals surface area (Å²) in [6.07, 6.45) is 3.62. The van der Waals surface area contributed by atoms with E-state index in [-0.39, 0.29) is 0 Å². The molecule has 0 bridgehead atoms. The van der Waals surface area contributed by atoms with Crippen molar-refractivity contribution in [3.63, 3.8) is 0 Å². The number of nitrogens with one attached hydrogen (secondary N) is 1. The van der Waals surface area contributed by atoms with Crippen LogP contribution in [0.1, 0.15) is 33.1 Å². The monoisotopic (exact) mass is 214 g/mol. The number of hydrogen-bond acceptors (Lipinski definition) is 3. The molecular weight excluding hydrogens is 188 g/mol. The van der Waals surface area contributed by atoms with Crippen LogP contribution in [0.3, 0.4) is 0 Å². The van der Waals surface area contributed by atoms with Crippen LogP contribution in [0, 0.1) is 0 Å². The first kappa shape index (κ1) is 12.9. The first-order valence-electron chi connectivity index (χ1n) is 6.19. The minimum Gasteiger partial charge on any atom is -0.380 e. The third kappa shape index (κ3) is 4.49. The van der Waals surface area contributed by atoms with Crippen LogP contribution in [0.15, 0.2) is 0 Å². The summed E-state index contributed by atoms with van der Waals surface area (Å²) in [6, 6.07) is 0. The van der Waals surface area contributed by atoms with Gasteiger partial charge in [-0.3, -0.25) is 0 Å². The molecule has 1 saturated heterocycles. The van der Waals surface area contributed by atoms with Crippen LogP contribution in [-0.4, -0.2) is 50.3 Å². The van der Waals surface area contributed by atoms with Gasteiger partial charge in [0.15, 0.2) is 0 Å². The molecule has 0 amide bonds. The van der Waals surface area contributed by atoms with E-state index >= 15 is 0 Å². The SMILES string of the molecule is CCCOCCN1CCC(C)(NC)CC1. The fourth-order valence-corrected chi connectivity index (χ4v) is 1.96. The van der Waals surface area contributed by atoms with Crippen molar-refractivity contribution in [3.8, 4) is 0 Å². The largest absolute Gasteiger partial charge is 0.380 e. The fraction of sp³-hybridized carbons (Fsp3) is 1.00. The normalized spacial score (nSPS) is 21.8. The zero-order chi connectivity index (χ0) is 11.1. The second kappa shape index (κ2) is 6.46. The molecule has 3 nitrogen and oxygen atoms in total. The summed E-state index contributed by atoms with van der Waals surface area (Å²) in [4.78, 5) is 2.51. The molecule has 1 N–H and O–H groups in total. The average Bonchev–Trinajstić information content (AvgIpc) is 2.27. The van der Waals surface area contributed by atoms with E-state index in [2.05, 4.69) is 31.1 Å². The highest BCUT2D eigenvalue weighted by molar-refractivity contribution is 4.87. The van der Waals surface area contributed by atoms with Gasteiger partial charge in [0.1, 0.15) is 0 Å². The number of piperidine rings is 1. The van der Waals surface area contributed by atoms with E-state index in [9.17, 15) is 0 Å². The lowest BCUT2D eigenvalue weighted by Gasteiger charge is -2.39. The Kier molecular flexibility index (Phi) is 5.58. The molecule has 0 aromatic heterocycles. The molecule has 1 fully saturated rings. The van der Waals surface area contributed by atoms with Crippen LogP contribution < -0.4 is 5.32 Å². The van der Waals surface area contributed by atoms with Gasteiger partial charge in [0.25, 0.3) is 0 Å². The minimum atomic E-state index is 0.362. The molecule has 0 spiro atoms. The molecule has 90 valence electrons. The molecule has 0 aromatic carbocycles. The van der Waals surface area contributed by atoms with E-state index in [1.165, 1.54) is 25.9 Å². The summed E-state index contributed by atoms with van der Waals surface area (Å²) < 4.78 is 5.51. The molecule has 1 heterocycles. The molecule has 0 atom stereocenters. The van der Waals surface area contributed by atoms with Crippen molar-refractivity contribution in [1.82, 2.24) is 10.2 Å². The second-order valence-electron chi connectivity index (χ2n) is 4.76. The van der Waals surface area contributed by atoms with E-state index in [0.29, 0.717) is 5.54 Å². The lowest BCUT2D eigenvalue weighted by atomic mass is 9.90. The van der Waals surface area contributed by atoms with Gasteiger partial charge in [0.2, 0.25) is 0 Å². The van der Waals surface area contributed by atoms with Gasteiger partial charge < -0.3 is 15.0 Å². The Morgan fingerprint density at radius 3 is 2.47 bits per heavy atom. The molecule has 1 rings (SSSR count). The predicted molar refractivity (Wildman–Crippen MR) is 64.2 cm³/mol. The predicted octanol–water partition coefficient (Wildman–Crippen LogP) is 1.49. The Balaban J connectivity index is 2.09. The second-order valence-corrected chi connectivity index (χ2v) is 4.76. The first-order chi connectivity index (χ1) is 7.20. The van der Waals surface area contributed by atoms with E-state index in [4.69, 9.17) is 4.74 Å². The van der Waals surface area contributed by atoms with E-state index < -0.39 is 0 Å². The Morgan fingerprint density at radius 1 is 1.27 bits per heavy atom. The molecule has 0 saturated carbocycles. The summed E-state index contributed by atoms with van der Waals surface area (Å²) in [5.41, 5.74) is 0.362. The first-order valence-corrected chi connectivity index (χ1v) is 6.19. The highest BCUT2D eigenvalue weighted by Crippen LogP contribution is 2.20. The summed E-state index contributed by atoms with van der Waals surface area (Å²) in [7, 11) is 2.07. The maximum absolute atomic E-state index is 5.51. The van der Waals surface area contributed by atoms with Crippen molar-refractivity contribution in [2.24, 2.45) is 0 Å². The Labute approximate surface area is 94.2 Å². The Bertz CT molecular complexity index is 165. The zero-order valence-corrected chi connectivity index (χ0v) is 10.5. The summed E-state index contributed by atoms with van der Waals surface area (Å²) in [6.45, 7) is 9.77. The van der Waals surface area contributed by atoms with Gasteiger partial charge >= 0.3 is 0 Å². The molecule has 0 unspecified atom stereocenters. The Morgan fingerprint density at radius 2 is 1.93 bits per heavy atom. The van der Waals surface area contributed by atoms with E-state index in [1.807, 2.05) is 0 Å². The molecule has 0 aromatic rings. The number of nitrogens with zero attached hydrogens (tertiary/aromatic N) is 1.